The van der Waals surface area contributed by atoms with E-state index in [9.17, 15) is 9.59 Å². The van der Waals surface area contributed by atoms with E-state index in [1.54, 1.807) is 31.3 Å². The van der Waals surface area contributed by atoms with Gasteiger partial charge in [0.2, 0.25) is 0 Å². The number of anilines is 1. The molecule has 0 aliphatic heterocycles. The van der Waals surface area contributed by atoms with E-state index < -0.39 is 5.97 Å². The van der Waals surface area contributed by atoms with Crippen LogP contribution in [0.25, 0.3) is 0 Å². The number of hydrogen-bond acceptors (Lipinski definition) is 2. The van der Waals surface area contributed by atoms with Crippen LogP contribution in [0.2, 0.25) is 0 Å². The summed E-state index contributed by atoms with van der Waals surface area (Å²) in [5.41, 5.74) is 1.87. The van der Waals surface area contributed by atoms with Gasteiger partial charge in [-0.25, -0.2) is 4.79 Å². The fraction of sp³-hybridized carbons (Fsp3) is 0.0769. The van der Waals surface area contributed by atoms with Crippen LogP contribution in [0.4, 0.5) is 5.69 Å². The Labute approximate surface area is 103 Å². The monoisotopic (exact) mass is 244 g/mol. The first-order valence-electron chi connectivity index (χ1n) is 5.36. The number of aryl methyl sites for hydroxylation is 1. The second-order valence-corrected chi connectivity index (χ2v) is 3.87. The normalized spacial score (nSPS) is 10.1. The van der Waals surface area contributed by atoms with Crippen molar-refractivity contribution in [3.8, 4) is 0 Å². The highest BCUT2D eigenvalue weighted by Crippen LogP contribution is 2.17. The lowest BCUT2D eigenvalue weighted by Crippen LogP contribution is -2.13. The summed E-state index contributed by atoms with van der Waals surface area (Å²) in [6, 6.07) is 7.97. The molecule has 2 aromatic rings. The Morgan fingerprint density at radius 2 is 2.06 bits per heavy atom. The third kappa shape index (κ3) is 2.40. The summed E-state index contributed by atoms with van der Waals surface area (Å²) in [5, 5.41) is 11.6. The molecule has 0 spiro atoms. The summed E-state index contributed by atoms with van der Waals surface area (Å²) in [4.78, 5) is 25.5. The van der Waals surface area contributed by atoms with Gasteiger partial charge in [0, 0.05) is 11.9 Å². The SMILES string of the molecule is Cc1ccc(C(=O)O)cc1NC(=O)c1ccc[nH]1. The molecule has 0 aliphatic rings. The highest BCUT2D eigenvalue weighted by molar-refractivity contribution is 6.04. The minimum absolute atomic E-state index is 0.141. The first kappa shape index (κ1) is 11.9. The molecular weight excluding hydrogens is 232 g/mol. The predicted molar refractivity (Wildman–Crippen MR) is 66.9 cm³/mol. The van der Waals surface area contributed by atoms with Crippen molar-refractivity contribution in [1.82, 2.24) is 4.98 Å². The van der Waals surface area contributed by atoms with Crippen LogP contribution in [0.3, 0.4) is 0 Å². The van der Waals surface area contributed by atoms with E-state index in [4.69, 9.17) is 5.11 Å². The Morgan fingerprint density at radius 1 is 1.28 bits per heavy atom. The summed E-state index contributed by atoms with van der Waals surface area (Å²) < 4.78 is 0. The molecule has 0 aliphatic carbocycles. The minimum Gasteiger partial charge on any atom is -0.478 e. The molecule has 5 heteroatoms. The van der Waals surface area contributed by atoms with E-state index in [1.807, 2.05) is 0 Å². The van der Waals surface area contributed by atoms with Crippen molar-refractivity contribution in [3.05, 3.63) is 53.3 Å². The Balaban J connectivity index is 2.26. The second kappa shape index (κ2) is 4.75. The smallest absolute Gasteiger partial charge is 0.335 e. The highest BCUT2D eigenvalue weighted by Gasteiger charge is 2.10. The van der Waals surface area contributed by atoms with Crippen molar-refractivity contribution in [2.24, 2.45) is 0 Å². The molecule has 0 bridgehead atoms. The molecule has 3 N–H and O–H groups in total. The largest absolute Gasteiger partial charge is 0.478 e. The van der Waals surface area contributed by atoms with E-state index >= 15 is 0 Å². The molecule has 2 rings (SSSR count). The number of benzene rings is 1. The van der Waals surface area contributed by atoms with Crippen LogP contribution < -0.4 is 5.32 Å². The lowest BCUT2D eigenvalue weighted by atomic mass is 10.1. The summed E-state index contributed by atoms with van der Waals surface area (Å²) in [5.74, 6) is -1.32. The molecule has 5 nitrogen and oxygen atoms in total. The number of H-pyrrole nitrogens is 1. The van der Waals surface area contributed by atoms with Gasteiger partial charge < -0.3 is 15.4 Å². The summed E-state index contributed by atoms with van der Waals surface area (Å²) in [6.45, 7) is 1.80. The van der Waals surface area contributed by atoms with Gasteiger partial charge >= 0.3 is 5.97 Å². The number of carbonyl (C=O) groups is 2. The Kier molecular flexibility index (Phi) is 3.14. The fourth-order valence-electron chi connectivity index (χ4n) is 1.55. The standard InChI is InChI=1S/C13H12N2O3/c1-8-4-5-9(13(17)18)7-11(8)15-12(16)10-3-2-6-14-10/h2-7,14H,1H3,(H,15,16)(H,17,18). The summed E-state index contributed by atoms with van der Waals surface area (Å²) in [6.07, 6.45) is 1.65. The van der Waals surface area contributed by atoms with Gasteiger partial charge in [0.1, 0.15) is 5.69 Å². The molecule has 92 valence electrons. The topological polar surface area (TPSA) is 82.2 Å². The quantitative estimate of drug-likeness (QED) is 0.774. The van der Waals surface area contributed by atoms with E-state index in [0.29, 0.717) is 11.4 Å². The lowest BCUT2D eigenvalue weighted by Gasteiger charge is -2.08. The fourth-order valence-corrected chi connectivity index (χ4v) is 1.55. The third-order valence-electron chi connectivity index (χ3n) is 2.58. The van der Waals surface area contributed by atoms with Gasteiger partial charge in [-0.2, -0.15) is 0 Å². The molecule has 1 aromatic heterocycles. The maximum absolute atomic E-state index is 11.8. The van der Waals surface area contributed by atoms with Gasteiger partial charge in [0.25, 0.3) is 5.91 Å². The lowest BCUT2D eigenvalue weighted by molar-refractivity contribution is 0.0696. The molecule has 0 atom stereocenters. The Morgan fingerprint density at radius 3 is 2.67 bits per heavy atom. The Hall–Kier alpha value is -2.56. The number of rotatable bonds is 3. The van der Waals surface area contributed by atoms with E-state index in [1.165, 1.54) is 12.1 Å². The number of hydrogen-bond donors (Lipinski definition) is 3. The van der Waals surface area contributed by atoms with Gasteiger partial charge in [-0.1, -0.05) is 6.07 Å². The molecule has 1 amide bonds. The maximum atomic E-state index is 11.8. The van der Waals surface area contributed by atoms with Gasteiger partial charge in [-0.05, 0) is 36.8 Å². The van der Waals surface area contributed by atoms with Crippen LogP contribution >= 0.6 is 0 Å². The second-order valence-electron chi connectivity index (χ2n) is 3.87. The summed E-state index contributed by atoms with van der Waals surface area (Å²) >= 11 is 0. The van der Waals surface area contributed by atoms with Crippen molar-refractivity contribution >= 4 is 17.6 Å². The Bertz CT molecular complexity index is 588. The first-order chi connectivity index (χ1) is 8.58. The molecule has 18 heavy (non-hydrogen) atoms. The van der Waals surface area contributed by atoms with Gasteiger partial charge in [-0.3, -0.25) is 4.79 Å². The van der Waals surface area contributed by atoms with Crippen molar-refractivity contribution in [1.29, 1.82) is 0 Å². The number of carboxylic acids is 1. The predicted octanol–water partition coefficient (Wildman–Crippen LogP) is 2.27. The van der Waals surface area contributed by atoms with Gasteiger partial charge in [-0.15, -0.1) is 0 Å². The summed E-state index contributed by atoms with van der Waals surface area (Å²) in [7, 11) is 0. The van der Waals surface area contributed by atoms with Gasteiger partial charge in [0.15, 0.2) is 0 Å². The zero-order valence-corrected chi connectivity index (χ0v) is 9.73. The molecule has 0 saturated carbocycles. The van der Waals surface area contributed by atoms with Crippen LogP contribution in [-0.4, -0.2) is 22.0 Å². The average Bonchev–Trinajstić information content (AvgIpc) is 2.85. The van der Waals surface area contributed by atoms with Crippen LogP contribution in [0.5, 0.6) is 0 Å². The van der Waals surface area contributed by atoms with E-state index in [-0.39, 0.29) is 11.5 Å². The van der Waals surface area contributed by atoms with Crippen LogP contribution in [0, 0.1) is 6.92 Å². The van der Waals surface area contributed by atoms with E-state index in [0.717, 1.165) is 5.56 Å². The molecule has 1 aromatic carbocycles. The zero-order valence-electron chi connectivity index (χ0n) is 9.73. The molecule has 1 heterocycles. The maximum Gasteiger partial charge on any atom is 0.335 e. The van der Waals surface area contributed by atoms with Crippen molar-refractivity contribution in [3.63, 3.8) is 0 Å². The number of nitrogens with one attached hydrogen (secondary N) is 2. The number of aromatic carboxylic acids is 1. The highest BCUT2D eigenvalue weighted by atomic mass is 16.4. The molecule has 0 unspecified atom stereocenters. The van der Waals surface area contributed by atoms with Crippen LogP contribution in [0.1, 0.15) is 26.4 Å². The van der Waals surface area contributed by atoms with Crippen molar-refractivity contribution in [2.75, 3.05) is 5.32 Å². The molecule has 0 fully saturated rings. The molecule has 0 saturated heterocycles. The van der Waals surface area contributed by atoms with E-state index in [2.05, 4.69) is 10.3 Å². The first-order valence-corrected chi connectivity index (χ1v) is 5.36. The number of aromatic amines is 1. The van der Waals surface area contributed by atoms with Crippen LogP contribution in [-0.2, 0) is 0 Å². The number of carboxylic acid groups (broad SMARTS) is 1. The average molecular weight is 244 g/mol. The minimum atomic E-state index is -1.02. The zero-order chi connectivity index (χ0) is 13.1. The number of carbonyl (C=O) groups excluding carboxylic acids is 1. The van der Waals surface area contributed by atoms with Crippen LogP contribution in [0.15, 0.2) is 36.5 Å². The number of amides is 1. The molecule has 0 radical (unpaired) electrons. The van der Waals surface area contributed by atoms with Crippen molar-refractivity contribution < 1.29 is 14.7 Å². The van der Waals surface area contributed by atoms with Crippen molar-refractivity contribution in [2.45, 2.75) is 6.92 Å². The third-order valence-corrected chi connectivity index (χ3v) is 2.58. The number of aromatic nitrogens is 1. The van der Waals surface area contributed by atoms with Gasteiger partial charge in [0.05, 0.1) is 5.56 Å². The molecular formula is C13H12N2O3.